The zero-order valence-electron chi connectivity index (χ0n) is 24.5. The molecule has 2 heterocycles. The number of carbonyl (C=O) groups is 2. The van der Waals surface area contributed by atoms with Crippen LogP contribution in [0.15, 0.2) is 78.9 Å². The molecule has 0 aliphatic carbocycles. The molecule has 2 aliphatic rings. The lowest BCUT2D eigenvalue weighted by molar-refractivity contribution is -0.124. The summed E-state index contributed by atoms with van der Waals surface area (Å²) in [4.78, 5) is 35.1. The highest BCUT2D eigenvalue weighted by Gasteiger charge is 2.44. The molecule has 0 saturated carbocycles. The maximum atomic E-state index is 13.7. The van der Waals surface area contributed by atoms with Gasteiger partial charge in [-0.25, -0.2) is 4.39 Å². The topological polar surface area (TPSA) is 68.4 Å². The Kier molecular flexibility index (Phi) is 10.3. The van der Waals surface area contributed by atoms with Crippen molar-refractivity contribution in [3.8, 4) is 5.75 Å². The molecule has 0 bridgehead atoms. The fraction of sp³-hybridized carbons (Fsp3) is 0.364. The number of thiocarbonyl (C=S) groups is 1. The Morgan fingerprint density at radius 3 is 2.28 bits per heavy atom. The van der Waals surface area contributed by atoms with Gasteiger partial charge in [0.25, 0.3) is 5.91 Å². The summed E-state index contributed by atoms with van der Waals surface area (Å²) in [5, 5.41) is 3.17. The Morgan fingerprint density at radius 1 is 0.930 bits per heavy atom. The average Bonchev–Trinajstić information content (AvgIpc) is 3.24. The molecular formula is C33H38FN5O3S. The Morgan fingerprint density at radius 2 is 1.60 bits per heavy atom. The first kappa shape index (κ1) is 30.6. The second kappa shape index (κ2) is 14.5. The van der Waals surface area contributed by atoms with Gasteiger partial charge in [0, 0.05) is 45.0 Å². The van der Waals surface area contributed by atoms with Crippen LogP contribution in [0.2, 0.25) is 0 Å². The van der Waals surface area contributed by atoms with E-state index in [1.54, 1.807) is 0 Å². The molecule has 0 radical (unpaired) electrons. The SMILES string of the molecule is CCOc1ccc(N2C(=O)C(CC(=O)Nc3ccc(F)cc3)N(CCCN3CCN(Cc4ccccc4)CC3)C2=S)cc1. The van der Waals surface area contributed by atoms with Crippen molar-refractivity contribution in [2.75, 3.05) is 56.1 Å². The van der Waals surface area contributed by atoms with Gasteiger partial charge in [-0.05, 0) is 86.2 Å². The molecule has 1 unspecified atom stereocenters. The number of carbonyl (C=O) groups excluding carboxylic acids is 2. The van der Waals surface area contributed by atoms with E-state index >= 15 is 0 Å². The van der Waals surface area contributed by atoms with Gasteiger partial charge in [0.15, 0.2) is 5.11 Å². The largest absolute Gasteiger partial charge is 0.494 e. The van der Waals surface area contributed by atoms with Gasteiger partial charge in [0.1, 0.15) is 17.6 Å². The summed E-state index contributed by atoms with van der Waals surface area (Å²) >= 11 is 5.83. The third-order valence-electron chi connectivity index (χ3n) is 7.82. The zero-order chi connectivity index (χ0) is 30.2. The van der Waals surface area contributed by atoms with Gasteiger partial charge >= 0.3 is 0 Å². The highest BCUT2D eigenvalue weighted by molar-refractivity contribution is 7.80. The average molecular weight is 604 g/mol. The van der Waals surface area contributed by atoms with Gasteiger partial charge in [-0.3, -0.25) is 19.4 Å². The summed E-state index contributed by atoms with van der Waals surface area (Å²) in [6.45, 7) is 8.83. The minimum atomic E-state index is -0.734. The fourth-order valence-corrected chi connectivity index (χ4v) is 6.00. The number of halogens is 1. The van der Waals surface area contributed by atoms with E-state index in [0.29, 0.717) is 35.4 Å². The van der Waals surface area contributed by atoms with Crippen molar-refractivity contribution >= 4 is 40.5 Å². The number of hydrogen-bond donors (Lipinski definition) is 1. The molecule has 3 aromatic rings. The quantitative estimate of drug-likeness (QED) is 0.300. The standard InChI is InChI=1S/C33H38FN5O3S/c1-2-42-29-15-13-28(14-16-29)39-32(41)30(23-31(40)35-27-11-9-26(34)10-12-27)38(33(39)43)18-6-17-36-19-21-37(22-20-36)24-25-7-4-3-5-8-25/h3-5,7-16,30H,2,6,17-24H2,1H3,(H,35,40). The predicted molar refractivity (Wildman–Crippen MR) is 171 cm³/mol. The van der Waals surface area contributed by atoms with E-state index in [1.165, 1.54) is 34.7 Å². The molecule has 2 amide bonds. The van der Waals surface area contributed by atoms with Gasteiger partial charge in [-0.15, -0.1) is 0 Å². The molecule has 5 rings (SSSR count). The number of nitrogens with zero attached hydrogens (tertiary/aromatic N) is 4. The van der Waals surface area contributed by atoms with E-state index < -0.39 is 6.04 Å². The fourth-order valence-electron chi connectivity index (χ4n) is 5.58. The normalized spacial score (nSPS) is 17.9. The smallest absolute Gasteiger partial charge is 0.256 e. The first-order valence-corrected chi connectivity index (χ1v) is 15.2. The zero-order valence-corrected chi connectivity index (χ0v) is 25.3. The molecule has 8 nitrogen and oxygen atoms in total. The Bertz CT molecular complexity index is 1380. The number of ether oxygens (including phenoxy) is 1. The van der Waals surface area contributed by atoms with Crippen molar-refractivity contribution in [3.63, 3.8) is 0 Å². The van der Waals surface area contributed by atoms with Gasteiger partial charge < -0.3 is 19.9 Å². The van der Waals surface area contributed by atoms with Crippen molar-refractivity contribution in [3.05, 3.63) is 90.2 Å². The number of anilines is 2. The number of hydrogen-bond acceptors (Lipinski definition) is 6. The summed E-state index contributed by atoms with van der Waals surface area (Å²) in [6, 6.07) is 22.6. The van der Waals surface area contributed by atoms with Crippen molar-refractivity contribution in [2.24, 2.45) is 0 Å². The van der Waals surface area contributed by atoms with Crippen molar-refractivity contribution in [1.82, 2.24) is 14.7 Å². The van der Waals surface area contributed by atoms with Crippen LogP contribution in [-0.2, 0) is 16.1 Å². The van der Waals surface area contributed by atoms with E-state index in [4.69, 9.17) is 17.0 Å². The summed E-state index contributed by atoms with van der Waals surface area (Å²) in [6.07, 6.45) is 0.737. The van der Waals surface area contributed by atoms with Crippen LogP contribution in [0.5, 0.6) is 5.75 Å². The number of amides is 2. The van der Waals surface area contributed by atoms with E-state index in [2.05, 4.69) is 39.4 Å². The summed E-state index contributed by atoms with van der Waals surface area (Å²) in [7, 11) is 0. The number of benzene rings is 3. The highest BCUT2D eigenvalue weighted by atomic mass is 32.1. The number of piperazine rings is 1. The lowest BCUT2D eigenvalue weighted by Gasteiger charge is -2.35. The summed E-state index contributed by atoms with van der Waals surface area (Å²) in [5.74, 6) is -0.248. The van der Waals surface area contributed by atoms with Gasteiger partial charge in [0.2, 0.25) is 5.91 Å². The third-order valence-corrected chi connectivity index (χ3v) is 8.24. The monoisotopic (exact) mass is 603 g/mol. The van der Waals surface area contributed by atoms with E-state index in [0.717, 1.165) is 45.7 Å². The van der Waals surface area contributed by atoms with Gasteiger partial charge in [-0.1, -0.05) is 30.3 Å². The van der Waals surface area contributed by atoms with Crippen LogP contribution in [0, 0.1) is 5.82 Å². The minimum absolute atomic E-state index is 0.0674. The maximum Gasteiger partial charge on any atom is 0.256 e. The predicted octanol–water partition coefficient (Wildman–Crippen LogP) is 4.76. The van der Waals surface area contributed by atoms with Crippen molar-refractivity contribution in [2.45, 2.75) is 32.4 Å². The molecule has 2 fully saturated rings. The van der Waals surface area contributed by atoms with Crippen LogP contribution in [-0.4, -0.2) is 83.5 Å². The van der Waals surface area contributed by atoms with Crippen LogP contribution in [0.1, 0.15) is 25.3 Å². The van der Waals surface area contributed by atoms with Crippen molar-refractivity contribution in [1.29, 1.82) is 0 Å². The molecule has 226 valence electrons. The van der Waals surface area contributed by atoms with Crippen LogP contribution in [0.3, 0.4) is 0 Å². The van der Waals surface area contributed by atoms with Crippen molar-refractivity contribution < 1.29 is 18.7 Å². The molecule has 0 spiro atoms. The summed E-state index contributed by atoms with van der Waals surface area (Å²) < 4.78 is 18.9. The molecular weight excluding hydrogens is 565 g/mol. The van der Waals surface area contributed by atoms with E-state index in [9.17, 15) is 14.0 Å². The lowest BCUT2D eigenvalue weighted by atomic mass is 10.1. The number of nitrogens with one attached hydrogen (secondary N) is 1. The molecule has 2 aliphatic heterocycles. The second-order valence-corrected chi connectivity index (χ2v) is 11.2. The lowest BCUT2D eigenvalue weighted by Crippen LogP contribution is -2.47. The molecule has 43 heavy (non-hydrogen) atoms. The molecule has 2 saturated heterocycles. The van der Waals surface area contributed by atoms with Crippen LogP contribution < -0.4 is 15.0 Å². The van der Waals surface area contributed by atoms with Crippen LogP contribution in [0.25, 0.3) is 0 Å². The van der Waals surface area contributed by atoms with Gasteiger partial charge in [-0.2, -0.15) is 0 Å². The minimum Gasteiger partial charge on any atom is -0.494 e. The molecule has 3 aromatic carbocycles. The summed E-state index contributed by atoms with van der Waals surface area (Å²) in [5.41, 5.74) is 2.44. The Hall–Kier alpha value is -3.86. The maximum absolute atomic E-state index is 13.7. The van der Waals surface area contributed by atoms with Gasteiger partial charge in [0.05, 0.1) is 18.7 Å². The second-order valence-electron chi connectivity index (χ2n) is 10.8. The van der Waals surface area contributed by atoms with Crippen LogP contribution in [0.4, 0.5) is 15.8 Å². The highest BCUT2D eigenvalue weighted by Crippen LogP contribution is 2.29. The first-order chi connectivity index (χ1) is 20.9. The molecule has 10 heteroatoms. The van der Waals surface area contributed by atoms with E-state index in [1.807, 2.05) is 42.2 Å². The Labute approximate surface area is 258 Å². The molecule has 1 N–H and O–H groups in total. The van der Waals surface area contributed by atoms with E-state index in [-0.39, 0.29) is 24.1 Å². The number of rotatable bonds is 12. The Balaban J connectivity index is 1.21. The third kappa shape index (κ3) is 7.95. The molecule has 1 atom stereocenters. The first-order valence-electron chi connectivity index (χ1n) is 14.8. The van der Waals surface area contributed by atoms with Crippen LogP contribution >= 0.6 is 12.2 Å². The molecule has 0 aromatic heterocycles.